The second-order valence-electron chi connectivity index (χ2n) is 1.73. The van der Waals surface area contributed by atoms with E-state index in [9.17, 15) is 0 Å². The lowest BCUT2D eigenvalue weighted by molar-refractivity contribution is 0.994. The topological polar surface area (TPSA) is 50.5 Å². The molecule has 1 aliphatic heterocycles. The minimum absolute atomic E-state index is 0.586. The minimum Gasteiger partial charge on any atom is -0.254 e. The minimum atomic E-state index is 0.586. The van der Waals surface area contributed by atoms with Crippen molar-refractivity contribution in [3.63, 3.8) is 0 Å². The highest BCUT2D eigenvalue weighted by molar-refractivity contribution is 5.33. The highest BCUT2D eigenvalue weighted by atomic mass is 15.2. The van der Waals surface area contributed by atoms with Gasteiger partial charge < -0.3 is 0 Å². The van der Waals surface area contributed by atoms with Gasteiger partial charge in [-0.25, -0.2) is 4.98 Å². The molecule has 0 N–H and O–H groups in total. The van der Waals surface area contributed by atoms with Gasteiger partial charge in [0.05, 0.1) is 0 Å². The molecule has 4 heteroatoms. The van der Waals surface area contributed by atoms with Crippen LogP contribution in [0.5, 0.6) is 0 Å². The van der Waals surface area contributed by atoms with Crippen LogP contribution in [-0.2, 0) is 6.54 Å². The lowest BCUT2D eigenvalue weighted by atomic mass is 10.4. The van der Waals surface area contributed by atoms with E-state index in [0.29, 0.717) is 12.4 Å². The van der Waals surface area contributed by atoms with E-state index in [2.05, 4.69) is 20.2 Å². The highest BCUT2D eigenvalue weighted by Crippen LogP contribution is 2.19. The van der Waals surface area contributed by atoms with Crippen LogP contribution in [0.1, 0.15) is 5.69 Å². The Kier molecular flexibility index (Phi) is 0.798. The first-order valence-electron chi connectivity index (χ1n) is 2.64. The van der Waals surface area contributed by atoms with Gasteiger partial charge in [0, 0.05) is 12.4 Å². The zero-order valence-corrected chi connectivity index (χ0v) is 4.65. The number of aromatic nitrogens is 2. The quantitative estimate of drug-likeness (QED) is 0.514. The second kappa shape index (κ2) is 1.58. The zero-order chi connectivity index (χ0) is 6.10. The van der Waals surface area contributed by atoms with E-state index in [-0.39, 0.29) is 0 Å². The first-order chi connectivity index (χ1) is 4.47. The number of fused-ring (bicyclic) bond motifs is 1. The lowest BCUT2D eigenvalue weighted by Crippen LogP contribution is -1.83. The molecule has 2 rings (SSSR count). The van der Waals surface area contributed by atoms with Crippen LogP contribution in [-0.4, -0.2) is 9.97 Å². The van der Waals surface area contributed by atoms with Gasteiger partial charge in [-0.05, 0) is 0 Å². The maximum atomic E-state index is 4.01. The fourth-order valence-corrected chi connectivity index (χ4v) is 0.724. The van der Waals surface area contributed by atoms with Crippen molar-refractivity contribution in [2.45, 2.75) is 6.54 Å². The molecular weight excluding hydrogens is 116 g/mol. The first-order valence-corrected chi connectivity index (χ1v) is 2.64. The number of hydrogen-bond acceptors (Lipinski definition) is 4. The van der Waals surface area contributed by atoms with Gasteiger partial charge in [-0.2, -0.15) is 5.11 Å². The second-order valence-corrected chi connectivity index (χ2v) is 1.73. The molecule has 0 unspecified atom stereocenters. The Morgan fingerprint density at radius 1 is 1.22 bits per heavy atom. The van der Waals surface area contributed by atoms with Gasteiger partial charge >= 0.3 is 0 Å². The van der Waals surface area contributed by atoms with Gasteiger partial charge in [0.1, 0.15) is 12.2 Å². The van der Waals surface area contributed by atoms with E-state index in [0.717, 1.165) is 5.69 Å². The summed E-state index contributed by atoms with van der Waals surface area (Å²) in [5.74, 6) is 0.664. The smallest absolute Gasteiger partial charge is 0.197 e. The molecule has 0 aromatic carbocycles. The Balaban J connectivity index is 2.63. The molecular formula is C5H4N4. The average Bonchev–Trinajstić information content (AvgIpc) is 2.33. The summed E-state index contributed by atoms with van der Waals surface area (Å²) in [6.45, 7) is 0.586. The highest BCUT2D eigenvalue weighted by Gasteiger charge is 2.07. The van der Waals surface area contributed by atoms with Crippen molar-refractivity contribution in [2.75, 3.05) is 0 Å². The molecule has 0 saturated carbocycles. The number of azo groups is 1. The average molecular weight is 120 g/mol. The summed E-state index contributed by atoms with van der Waals surface area (Å²) in [5, 5.41) is 7.50. The van der Waals surface area contributed by atoms with Crippen molar-refractivity contribution in [3.05, 3.63) is 18.1 Å². The Labute approximate surface area is 51.7 Å². The molecule has 0 saturated heterocycles. The third kappa shape index (κ3) is 0.595. The third-order valence-corrected chi connectivity index (χ3v) is 1.14. The zero-order valence-electron chi connectivity index (χ0n) is 4.65. The van der Waals surface area contributed by atoms with Crippen molar-refractivity contribution < 1.29 is 0 Å². The lowest BCUT2D eigenvalue weighted by Gasteiger charge is -1.87. The standard InChI is InChI=1S/C5H4N4/c1-2-7-5-4(6-1)3-8-9-5/h1-2H,3H2. The van der Waals surface area contributed by atoms with Gasteiger partial charge in [0.25, 0.3) is 0 Å². The fraction of sp³-hybridized carbons (Fsp3) is 0.200. The van der Waals surface area contributed by atoms with E-state index < -0.39 is 0 Å². The molecule has 1 aromatic rings. The Bertz CT molecular complexity index is 255. The van der Waals surface area contributed by atoms with Crippen LogP contribution in [0.15, 0.2) is 22.6 Å². The van der Waals surface area contributed by atoms with Gasteiger partial charge in [-0.1, -0.05) is 0 Å². The molecule has 0 fully saturated rings. The van der Waals surface area contributed by atoms with Crippen LogP contribution < -0.4 is 0 Å². The summed E-state index contributed by atoms with van der Waals surface area (Å²) in [4.78, 5) is 7.95. The third-order valence-electron chi connectivity index (χ3n) is 1.14. The molecule has 0 spiro atoms. The summed E-state index contributed by atoms with van der Waals surface area (Å²) in [7, 11) is 0. The SMILES string of the molecule is c1cnc2c(n1)CN=N2. The van der Waals surface area contributed by atoms with Crippen LogP contribution in [0, 0.1) is 0 Å². The van der Waals surface area contributed by atoms with Crippen molar-refractivity contribution in [2.24, 2.45) is 10.2 Å². The van der Waals surface area contributed by atoms with Gasteiger partial charge in [0.2, 0.25) is 0 Å². The summed E-state index contributed by atoms with van der Waals surface area (Å²) in [6, 6.07) is 0. The van der Waals surface area contributed by atoms with Gasteiger partial charge in [0.15, 0.2) is 5.82 Å². The molecule has 9 heavy (non-hydrogen) atoms. The summed E-state index contributed by atoms with van der Waals surface area (Å²) in [6.07, 6.45) is 3.26. The van der Waals surface area contributed by atoms with E-state index in [1.807, 2.05) is 0 Å². The normalized spacial score (nSPS) is 13.8. The molecule has 1 aliphatic rings. The van der Waals surface area contributed by atoms with E-state index in [1.165, 1.54) is 0 Å². The number of nitrogens with zero attached hydrogens (tertiary/aromatic N) is 4. The van der Waals surface area contributed by atoms with Crippen molar-refractivity contribution in [1.29, 1.82) is 0 Å². The molecule has 0 atom stereocenters. The fourth-order valence-electron chi connectivity index (χ4n) is 0.724. The molecule has 0 amide bonds. The maximum absolute atomic E-state index is 4.01. The van der Waals surface area contributed by atoms with E-state index >= 15 is 0 Å². The summed E-state index contributed by atoms with van der Waals surface area (Å²) < 4.78 is 0. The van der Waals surface area contributed by atoms with Crippen LogP contribution >= 0.6 is 0 Å². The number of hydrogen-bond donors (Lipinski definition) is 0. The first kappa shape index (κ1) is 4.55. The molecule has 0 aliphatic carbocycles. The van der Waals surface area contributed by atoms with Crippen LogP contribution in [0.2, 0.25) is 0 Å². The monoisotopic (exact) mass is 120 g/mol. The summed E-state index contributed by atoms with van der Waals surface area (Å²) >= 11 is 0. The predicted molar refractivity (Wildman–Crippen MR) is 30.3 cm³/mol. The molecule has 0 bridgehead atoms. The Morgan fingerprint density at radius 2 is 2.11 bits per heavy atom. The van der Waals surface area contributed by atoms with E-state index in [1.54, 1.807) is 12.4 Å². The van der Waals surface area contributed by atoms with Crippen molar-refractivity contribution in [1.82, 2.24) is 9.97 Å². The number of rotatable bonds is 0. The molecule has 1 aromatic heterocycles. The maximum Gasteiger partial charge on any atom is 0.197 e. The summed E-state index contributed by atoms with van der Waals surface area (Å²) in [5.41, 5.74) is 0.873. The van der Waals surface area contributed by atoms with Crippen molar-refractivity contribution >= 4 is 5.82 Å². The molecule has 2 heterocycles. The van der Waals surface area contributed by atoms with E-state index in [4.69, 9.17) is 0 Å². The molecule has 0 radical (unpaired) electrons. The molecule has 4 nitrogen and oxygen atoms in total. The molecule has 44 valence electrons. The van der Waals surface area contributed by atoms with Crippen LogP contribution in [0.4, 0.5) is 5.82 Å². The Hall–Kier alpha value is -1.32. The van der Waals surface area contributed by atoms with Crippen LogP contribution in [0.3, 0.4) is 0 Å². The van der Waals surface area contributed by atoms with Gasteiger partial charge in [-0.3, -0.25) is 4.98 Å². The van der Waals surface area contributed by atoms with Crippen LogP contribution in [0.25, 0.3) is 0 Å². The predicted octanol–water partition coefficient (Wildman–Crippen LogP) is 1.07. The Morgan fingerprint density at radius 3 is 3.00 bits per heavy atom. The van der Waals surface area contributed by atoms with Crippen molar-refractivity contribution in [3.8, 4) is 0 Å². The largest absolute Gasteiger partial charge is 0.254 e. The van der Waals surface area contributed by atoms with Gasteiger partial charge in [-0.15, -0.1) is 5.11 Å².